The Morgan fingerprint density at radius 1 is 1.37 bits per heavy atom. The highest BCUT2D eigenvalue weighted by atomic mass is 32.1. The summed E-state index contributed by atoms with van der Waals surface area (Å²) >= 11 is 6.96. The van der Waals surface area contributed by atoms with Gasteiger partial charge in [0.05, 0.1) is 0 Å². The lowest BCUT2D eigenvalue weighted by Crippen LogP contribution is -2.17. The molecule has 2 aromatic rings. The highest BCUT2D eigenvalue weighted by Crippen LogP contribution is 2.29. The fourth-order valence-corrected chi connectivity index (χ4v) is 3.59. The van der Waals surface area contributed by atoms with Crippen molar-refractivity contribution in [2.75, 3.05) is 18.0 Å². The highest BCUT2D eigenvalue weighted by Gasteiger charge is 2.19. The van der Waals surface area contributed by atoms with E-state index in [9.17, 15) is 0 Å². The summed E-state index contributed by atoms with van der Waals surface area (Å²) < 4.78 is 2.67. The molecule has 0 atom stereocenters. The Bertz CT molecular complexity index is 618. The zero-order valence-electron chi connectivity index (χ0n) is 11.1. The van der Waals surface area contributed by atoms with Crippen molar-refractivity contribution >= 4 is 28.7 Å². The van der Waals surface area contributed by atoms with Crippen molar-refractivity contribution in [1.29, 1.82) is 0 Å². The number of nitrogens with zero attached hydrogens (tertiary/aromatic N) is 4. The quantitative estimate of drug-likeness (QED) is 0.883. The number of thiazole rings is 1. The van der Waals surface area contributed by atoms with Crippen LogP contribution in [0.15, 0.2) is 5.38 Å². The Kier molecular flexibility index (Phi) is 3.40. The molecule has 2 aromatic heterocycles. The lowest BCUT2D eigenvalue weighted by atomic mass is 10.3. The van der Waals surface area contributed by atoms with Crippen LogP contribution in [0.5, 0.6) is 0 Å². The van der Waals surface area contributed by atoms with Gasteiger partial charge in [-0.05, 0) is 38.9 Å². The zero-order valence-corrected chi connectivity index (χ0v) is 12.7. The number of aromatic nitrogens is 4. The fourth-order valence-electron chi connectivity index (χ4n) is 2.39. The zero-order chi connectivity index (χ0) is 13.4. The van der Waals surface area contributed by atoms with E-state index in [0.29, 0.717) is 4.77 Å². The summed E-state index contributed by atoms with van der Waals surface area (Å²) in [4.78, 5) is 7.06. The summed E-state index contributed by atoms with van der Waals surface area (Å²) in [5, 5.41) is 10.3. The van der Waals surface area contributed by atoms with Crippen LogP contribution in [0.4, 0.5) is 5.13 Å². The fraction of sp³-hybridized carbons (Fsp3) is 0.583. The molecule has 1 aliphatic rings. The van der Waals surface area contributed by atoms with Gasteiger partial charge in [-0.25, -0.2) is 4.98 Å². The molecule has 0 aliphatic carbocycles. The van der Waals surface area contributed by atoms with Crippen molar-refractivity contribution in [2.24, 2.45) is 0 Å². The van der Waals surface area contributed by atoms with Gasteiger partial charge in [-0.15, -0.1) is 11.3 Å². The van der Waals surface area contributed by atoms with Gasteiger partial charge in [-0.2, -0.15) is 5.10 Å². The average Bonchev–Trinajstić information content (AvgIpc) is 3.07. The van der Waals surface area contributed by atoms with Crippen molar-refractivity contribution < 1.29 is 0 Å². The first-order valence-corrected chi connectivity index (χ1v) is 7.83. The second kappa shape index (κ2) is 5.05. The van der Waals surface area contributed by atoms with Gasteiger partial charge < -0.3 is 4.90 Å². The Labute approximate surface area is 121 Å². The Hall–Kier alpha value is -1.21. The van der Waals surface area contributed by atoms with Crippen LogP contribution in [-0.2, 0) is 0 Å². The minimum atomic E-state index is 0.276. The van der Waals surface area contributed by atoms with Gasteiger partial charge in [0, 0.05) is 24.5 Å². The van der Waals surface area contributed by atoms with E-state index in [0.717, 1.165) is 29.7 Å². The van der Waals surface area contributed by atoms with E-state index in [1.54, 1.807) is 11.3 Å². The predicted molar refractivity (Wildman–Crippen MR) is 80.4 cm³/mol. The summed E-state index contributed by atoms with van der Waals surface area (Å²) in [7, 11) is 0. The van der Waals surface area contributed by atoms with Gasteiger partial charge in [0.15, 0.2) is 15.7 Å². The van der Waals surface area contributed by atoms with Crippen molar-refractivity contribution in [1.82, 2.24) is 19.7 Å². The van der Waals surface area contributed by atoms with E-state index < -0.39 is 0 Å². The summed E-state index contributed by atoms with van der Waals surface area (Å²) in [6, 6.07) is 0.276. The predicted octanol–water partition coefficient (Wildman–Crippen LogP) is 3.25. The molecule has 1 saturated heterocycles. The first kappa shape index (κ1) is 12.8. The molecule has 5 nitrogen and oxygen atoms in total. The third kappa shape index (κ3) is 2.32. The van der Waals surface area contributed by atoms with Gasteiger partial charge in [-0.1, -0.05) is 0 Å². The molecule has 0 amide bonds. The summed E-state index contributed by atoms with van der Waals surface area (Å²) in [6.45, 7) is 6.43. The molecule has 0 bridgehead atoms. The van der Waals surface area contributed by atoms with E-state index in [2.05, 4.69) is 34.3 Å². The van der Waals surface area contributed by atoms with E-state index in [4.69, 9.17) is 17.2 Å². The van der Waals surface area contributed by atoms with Crippen molar-refractivity contribution in [3.05, 3.63) is 10.2 Å². The topological polar surface area (TPSA) is 49.7 Å². The summed E-state index contributed by atoms with van der Waals surface area (Å²) in [5.41, 5.74) is 0.910. The SMILES string of the molecule is CC(C)n1c(-c2csc(N3CCCC3)n2)n[nH]c1=S. The lowest BCUT2D eigenvalue weighted by Gasteiger charge is -2.12. The molecule has 3 heterocycles. The lowest BCUT2D eigenvalue weighted by molar-refractivity contribution is 0.596. The average molecular weight is 295 g/mol. The number of anilines is 1. The molecular formula is C12H17N5S2. The molecule has 102 valence electrons. The maximum Gasteiger partial charge on any atom is 0.195 e. The van der Waals surface area contributed by atoms with E-state index in [1.165, 1.54) is 12.8 Å². The van der Waals surface area contributed by atoms with Crippen molar-refractivity contribution in [2.45, 2.75) is 32.7 Å². The summed E-state index contributed by atoms with van der Waals surface area (Å²) in [5.74, 6) is 0.835. The molecule has 1 fully saturated rings. The first-order valence-electron chi connectivity index (χ1n) is 6.54. The number of nitrogens with one attached hydrogen (secondary N) is 1. The van der Waals surface area contributed by atoms with Gasteiger partial charge >= 0.3 is 0 Å². The van der Waals surface area contributed by atoms with Crippen molar-refractivity contribution in [3.63, 3.8) is 0 Å². The van der Waals surface area contributed by atoms with Gasteiger partial charge in [0.25, 0.3) is 0 Å². The van der Waals surface area contributed by atoms with Gasteiger partial charge in [0.2, 0.25) is 0 Å². The number of hydrogen-bond donors (Lipinski definition) is 1. The number of aromatic amines is 1. The third-order valence-electron chi connectivity index (χ3n) is 3.32. The van der Waals surface area contributed by atoms with Crippen LogP contribution < -0.4 is 4.90 Å². The molecule has 0 radical (unpaired) electrons. The number of hydrogen-bond acceptors (Lipinski definition) is 5. The van der Waals surface area contributed by atoms with Gasteiger partial charge in [0.1, 0.15) is 5.69 Å². The molecule has 0 unspecified atom stereocenters. The molecule has 0 saturated carbocycles. The van der Waals surface area contributed by atoms with Crippen LogP contribution >= 0.6 is 23.6 Å². The molecule has 0 aromatic carbocycles. The Morgan fingerprint density at radius 2 is 2.11 bits per heavy atom. The van der Waals surface area contributed by atoms with E-state index in [-0.39, 0.29) is 6.04 Å². The van der Waals surface area contributed by atoms with E-state index in [1.807, 2.05) is 4.57 Å². The second-order valence-electron chi connectivity index (χ2n) is 5.03. The molecule has 1 N–H and O–H groups in total. The maximum absolute atomic E-state index is 5.27. The molecule has 1 aliphatic heterocycles. The molecule has 19 heavy (non-hydrogen) atoms. The molecule has 7 heteroatoms. The van der Waals surface area contributed by atoms with Crippen LogP contribution in [0.25, 0.3) is 11.5 Å². The van der Waals surface area contributed by atoms with Crippen LogP contribution in [-0.4, -0.2) is 32.8 Å². The molecule has 0 spiro atoms. The second-order valence-corrected chi connectivity index (χ2v) is 6.25. The molecule has 3 rings (SSSR count). The maximum atomic E-state index is 5.27. The monoisotopic (exact) mass is 295 g/mol. The normalized spacial score (nSPS) is 15.6. The minimum absolute atomic E-state index is 0.276. The van der Waals surface area contributed by atoms with Crippen molar-refractivity contribution in [3.8, 4) is 11.5 Å². The number of H-pyrrole nitrogens is 1. The standard InChI is InChI=1S/C12H17N5S2/c1-8(2)17-10(14-15-11(17)18)9-7-19-12(13-9)16-5-3-4-6-16/h7-8H,3-6H2,1-2H3,(H,15,18). The highest BCUT2D eigenvalue weighted by molar-refractivity contribution is 7.71. The van der Waals surface area contributed by atoms with Gasteiger partial charge in [-0.3, -0.25) is 9.67 Å². The largest absolute Gasteiger partial charge is 0.348 e. The summed E-state index contributed by atoms with van der Waals surface area (Å²) in [6.07, 6.45) is 2.53. The van der Waals surface area contributed by atoms with Crippen LogP contribution in [0.3, 0.4) is 0 Å². The van der Waals surface area contributed by atoms with Crippen LogP contribution in [0.1, 0.15) is 32.7 Å². The Balaban J connectivity index is 1.96. The van der Waals surface area contributed by atoms with Crippen LogP contribution in [0, 0.1) is 4.77 Å². The van der Waals surface area contributed by atoms with Crippen LogP contribution in [0.2, 0.25) is 0 Å². The Morgan fingerprint density at radius 3 is 2.79 bits per heavy atom. The first-order chi connectivity index (χ1) is 9.16. The smallest absolute Gasteiger partial charge is 0.195 e. The minimum Gasteiger partial charge on any atom is -0.348 e. The number of rotatable bonds is 3. The third-order valence-corrected chi connectivity index (χ3v) is 4.51. The molecular weight excluding hydrogens is 278 g/mol. The van der Waals surface area contributed by atoms with E-state index >= 15 is 0 Å².